The van der Waals surface area contributed by atoms with Crippen molar-refractivity contribution in [3.63, 3.8) is 0 Å². The van der Waals surface area contributed by atoms with Gasteiger partial charge in [0.15, 0.2) is 0 Å². The van der Waals surface area contributed by atoms with Crippen LogP contribution >= 0.6 is 0 Å². The van der Waals surface area contributed by atoms with Gasteiger partial charge < -0.3 is 15.5 Å². The van der Waals surface area contributed by atoms with Gasteiger partial charge in [-0.25, -0.2) is 4.79 Å². The zero-order chi connectivity index (χ0) is 13.1. The molecule has 0 unspecified atom stereocenters. The molecule has 106 valence electrons. The molecule has 0 saturated heterocycles. The third-order valence-electron chi connectivity index (χ3n) is 2.07. The van der Waals surface area contributed by atoms with Crippen LogP contribution in [-0.2, 0) is 9.53 Å². The van der Waals surface area contributed by atoms with E-state index in [0.717, 1.165) is 5.69 Å². The first kappa shape index (κ1) is 21.1. The van der Waals surface area contributed by atoms with Crippen LogP contribution in [0.2, 0.25) is 0 Å². The van der Waals surface area contributed by atoms with Crippen LogP contribution in [0.5, 0.6) is 0 Å². The fourth-order valence-corrected chi connectivity index (χ4v) is 1.26. The molecule has 4 nitrogen and oxygen atoms in total. The molecule has 0 aliphatic heterocycles. The van der Waals surface area contributed by atoms with Gasteiger partial charge in [0, 0.05) is 40.8 Å². The van der Waals surface area contributed by atoms with Crippen LogP contribution in [0.4, 0.5) is 5.69 Å². The van der Waals surface area contributed by atoms with E-state index in [-0.39, 0.29) is 52.3 Å². The third kappa shape index (κ3) is 7.85. The number of carbonyl (C=O) groups is 1. The number of rotatable bonds is 3. The van der Waals surface area contributed by atoms with Gasteiger partial charge in [-0.3, -0.25) is 0 Å². The number of anilines is 1. The Labute approximate surface area is 148 Å². The molecule has 5 heteroatoms. The Balaban J connectivity index is 0. The first-order chi connectivity index (χ1) is 7.71. The van der Waals surface area contributed by atoms with Gasteiger partial charge in [0.2, 0.25) is 0 Å². The molecule has 0 fully saturated rings. The molecule has 3 N–H and O–H groups in total. The van der Waals surface area contributed by atoms with E-state index in [4.69, 9.17) is 4.74 Å². The van der Waals surface area contributed by atoms with Gasteiger partial charge in [0.05, 0.1) is 0 Å². The molecule has 0 bridgehead atoms. The maximum Gasteiger partial charge on any atom is 0.331 e. The van der Waals surface area contributed by atoms with Crippen LogP contribution < -0.4 is 5.32 Å². The molecule has 19 heavy (non-hydrogen) atoms. The van der Waals surface area contributed by atoms with Gasteiger partial charge in [0.1, 0.15) is 11.1 Å². The number of esters is 1. The Hall–Kier alpha value is -0.199. The van der Waals surface area contributed by atoms with Crippen molar-refractivity contribution in [1.82, 2.24) is 0 Å². The van der Waals surface area contributed by atoms with Gasteiger partial charge in [-0.05, 0) is 34.6 Å². The number of benzene rings is 1. The zero-order valence-corrected chi connectivity index (χ0v) is 15.3. The first-order valence-corrected chi connectivity index (χ1v) is 5.69. The van der Waals surface area contributed by atoms with Crippen molar-refractivity contribution in [3.05, 3.63) is 30.3 Å². The number of carbonyl (C=O) groups excluding carboxylic acids is 1. The Morgan fingerprint density at radius 2 is 1.79 bits per heavy atom. The largest absolute Gasteiger partial charge is 0.458 e. The molecule has 0 spiro atoms. The van der Waals surface area contributed by atoms with Crippen molar-refractivity contribution < 1.29 is 55.8 Å². The Kier molecular flexibility index (Phi) is 9.07. The van der Waals surface area contributed by atoms with E-state index in [0.29, 0.717) is 0 Å². The summed E-state index contributed by atoms with van der Waals surface area (Å²) >= 11 is 0. The molecule has 0 heterocycles. The van der Waals surface area contributed by atoms with Crippen LogP contribution in [0.15, 0.2) is 24.3 Å². The van der Waals surface area contributed by atoms with Crippen molar-refractivity contribution >= 4 is 11.7 Å². The summed E-state index contributed by atoms with van der Waals surface area (Å²) in [6, 6.07) is 10.5. The van der Waals surface area contributed by atoms with E-state index < -0.39 is 11.1 Å². The minimum Gasteiger partial charge on any atom is -0.458 e. The van der Waals surface area contributed by atoms with Crippen molar-refractivity contribution in [2.24, 2.45) is 0 Å². The Morgan fingerprint density at radius 1 is 1.21 bits per heavy atom. The molecule has 0 aliphatic carbocycles. The van der Waals surface area contributed by atoms with E-state index in [1.807, 2.05) is 39.0 Å². The normalized spacial score (nSPS) is 10.8. The predicted molar refractivity (Wildman–Crippen MR) is 72.4 cm³/mol. The van der Waals surface area contributed by atoms with E-state index in [1.165, 1.54) is 0 Å². The van der Waals surface area contributed by atoms with Crippen molar-refractivity contribution in [1.29, 1.82) is 0 Å². The second-order valence-electron chi connectivity index (χ2n) is 5.53. The summed E-state index contributed by atoms with van der Waals surface area (Å²) < 4.78 is 5.36. The summed E-state index contributed by atoms with van der Waals surface area (Å²) in [5, 5.41) is 3.11. The summed E-state index contributed by atoms with van der Waals surface area (Å²) in [6.07, 6.45) is 0. The van der Waals surface area contributed by atoms with Gasteiger partial charge in [-0.1, -0.05) is 5.69 Å². The minimum absolute atomic E-state index is 0. The van der Waals surface area contributed by atoms with Crippen molar-refractivity contribution in [2.75, 3.05) is 5.32 Å². The molecule has 1 aromatic rings. The standard InChI is InChI=1S/C14H20NO2.Nd.H2O/c1-13(2,3)17-12(16)14(4,5)15-11-9-7-6-8-10-11;;/h6-9,15H,1-5H3;;1H2/q-1;;. The molecule has 1 aromatic carbocycles. The van der Waals surface area contributed by atoms with Crippen molar-refractivity contribution in [3.8, 4) is 0 Å². The fraction of sp³-hybridized carbons (Fsp3) is 0.500. The molecule has 0 aromatic heterocycles. The zero-order valence-electron chi connectivity index (χ0n) is 12.1. The summed E-state index contributed by atoms with van der Waals surface area (Å²) in [5.41, 5.74) is -0.468. The quantitative estimate of drug-likeness (QED) is 0.629. The number of nitrogens with one attached hydrogen (secondary N) is 1. The predicted octanol–water partition coefficient (Wildman–Crippen LogP) is 2.19. The van der Waals surface area contributed by atoms with E-state index >= 15 is 0 Å². The van der Waals surface area contributed by atoms with E-state index in [9.17, 15) is 4.79 Å². The first-order valence-electron chi connectivity index (χ1n) is 5.69. The number of para-hydroxylation sites is 1. The van der Waals surface area contributed by atoms with Crippen LogP contribution in [0.3, 0.4) is 0 Å². The second kappa shape index (κ2) is 8.17. The van der Waals surface area contributed by atoms with Gasteiger partial charge in [0.25, 0.3) is 0 Å². The average Bonchev–Trinajstić information content (AvgIpc) is 2.15. The third-order valence-corrected chi connectivity index (χ3v) is 2.07. The number of ether oxygens (including phenoxy) is 1. The van der Waals surface area contributed by atoms with Gasteiger partial charge >= 0.3 is 5.97 Å². The molecule has 1 rings (SSSR count). The van der Waals surface area contributed by atoms with Crippen LogP contribution in [-0.4, -0.2) is 22.6 Å². The van der Waals surface area contributed by atoms with E-state index in [2.05, 4.69) is 11.4 Å². The smallest absolute Gasteiger partial charge is 0.331 e. The van der Waals surface area contributed by atoms with Crippen LogP contribution in [0.25, 0.3) is 0 Å². The Bertz CT molecular complexity index is 385. The molecular formula is C14H22NNdO3-. The van der Waals surface area contributed by atoms with Crippen LogP contribution in [0.1, 0.15) is 34.6 Å². The summed E-state index contributed by atoms with van der Waals surface area (Å²) in [5.74, 6) is -0.276. The summed E-state index contributed by atoms with van der Waals surface area (Å²) in [4.78, 5) is 12.0. The maximum absolute atomic E-state index is 12.0. The number of hydrogen-bond acceptors (Lipinski definition) is 3. The van der Waals surface area contributed by atoms with Crippen LogP contribution in [0, 0.1) is 46.9 Å². The average molecular weight is 397 g/mol. The molecule has 0 atom stereocenters. The molecule has 0 saturated carbocycles. The molecule has 0 radical (unpaired) electrons. The van der Waals surface area contributed by atoms with Gasteiger partial charge in [-0.15, -0.1) is 6.07 Å². The maximum atomic E-state index is 12.0. The molecule has 0 amide bonds. The minimum atomic E-state index is -0.773. The van der Waals surface area contributed by atoms with Crippen molar-refractivity contribution in [2.45, 2.75) is 45.8 Å². The number of hydrogen-bond donors (Lipinski definition) is 1. The monoisotopic (exact) mass is 394 g/mol. The van der Waals surface area contributed by atoms with E-state index in [1.54, 1.807) is 19.9 Å². The Morgan fingerprint density at radius 3 is 2.21 bits per heavy atom. The summed E-state index contributed by atoms with van der Waals surface area (Å²) in [6.45, 7) is 9.16. The van der Waals surface area contributed by atoms with Gasteiger partial charge in [-0.2, -0.15) is 24.3 Å². The molecule has 0 aliphatic rings. The fourth-order valence-electron chi connectivity index (χ4n) is 1.26. The second-order valence-corrected chi connectivity index (χ2v) is 5.53. The summed E-state index contributed by atoms with van der Waals surface area (Å²) in [7, 11) is 0. The SMILES string of the molecule is CC(C)(C)OC(=O)C(C)(C)Nc1[c-]cccc1.O.[Nd]. The topological polar surface area (TPSA) is 69.8 Å². The molecular weight excluding hydrogens is 374 g/mol.